The van der Waals surface area contributed by atoms with Gasteiger partial charge in [0.1, 0.15) is 0 Å². The van der Waals surface area contributed by atoms with Gasteiger partial charge in [-0.15, -0.1) is 0 Å². The Labute approximate surface area is 115 Å². The van der Waals surface area contributed by atoms with Crippen molar-refractivity contribution in [2.75, 3.05) is 7.05 Å². The first-order chi connectivity index (χ1) is 8.21. The molecule has 5 heteroatoms. The van der Waals surface area contributed by atoms with Crippen molar-refractivity contribution in [3.63, 3.8) is 0 Å². The van der Waals surface area contributed by atoms with Crippen LogP contribution in [0, 0.1) is 0 Å². The first kappa shape index (κ1) is 14.7. The maximum absolute atomic E-state index is 11.9. The van der Waals surface area contributed by atoms with E-state index in [0.717, 1.165) is 5.56 Å². The molecule has 0 radical (unpaired) electrons. The van der Waals surface area contributed by atoms with E-state index in [1.54, 1.807) is 36.2 Å². The molecule has 0 saturated heterocycles. The van der Waals surface area contributed by atoms with Crippen LogP contribution in [0.2, 0.25) is 0 Å². The zero-order valence-corrected chi connectivity index (χ0v) is 12.3. The number of hydrogen-bond acceptors (Lipinski definition) is 2. The monoisotopic (exact) mass is 312 g/mol. The first-order valence-electron chi connectivity index (χ1n) is 5.55. The van der Waals surface area contributed by atoms with Crippen molar-refractivity contribution in [1.82, 2.24) is 4.90 Å². The van der Waals surface area contributed by atoms with E-state index < -0.39 is 10.2 Å². The molecular formula is C13H17BrN2O2. The lowest BCUT2D eigenvalue weighted by atomic mass is 10.1. The van der Waals surface area contributed by atoms with Crippen LogP contribution in [0.4, 0.5) is 0 Å². The quantitative estimate of drug-likeness (QED) is 0.863. The highest BCUT2D eigenvalue weighted by Crippen LogP contribution is 2.19. The largest absolute Gasteiger partial charge is 0.366 e. The fraction of sp³-hybridized carbons (Fsp3) is 0.385. The molecule has 0 aliphatic heterocycles. The summed E-state index contributed by atoms with van der Waals surface area (Å²) < 4.78 is -0.574. The topological polar surface area (TPSA) is 63.4 Å². The Morgan fingerprint density at radius 1 is 1.28 bits per heavy atom. The lowest BCUT2D eigenvalue weighted by Crippen LogP contribution is -2.38. The van der Waals surface area contributed by atoms with E-state index in [4.69, 9.17) is 5.73 Å². The van der Waals surface area contributed by atoms with Crippen LogP contribution in [0.1, 0.15) is 29.8 Å². The smallest absolute Gasteiger partial charge is 0.248 e. The van der Waals surface area contributed by atoms with Gasteiger partial charge in [-0.25, -0.2) is 0 Å². The summed E-state index contributed by atoms with van der Waals surface area (Å²) in [5.74, 6) is -0.450. The van der Waals surface area contributed by atoms with Crippen LogP contribution >= 0.6 is 15.9 Å². The van der Waals surface area contributed by atoms with Gasteiger partial charge in [0.2, 0.25) is 11.8 Å². The molecule has 0 aliphatic carbocycles. The molecule has 98 valence electrons. The molecule has 0 aromatic heterocycles. The van der Waals surface area contributed by atoms with Crippen LogP contribution in [-0.4, -0.2) is 28.1 Å². The molecule has 2 N–H and O–H groups in total. The van der Waals surface area contributed by atoms with Gasteiger partial charge in [0, 0.05) is 19.2 Å². The van der Waals surface area contributed by atoms with Gasteiger partial charge in [-0.2, -0.15) is 0 Å². The first-order valence-corrected chi connectivity index (χ1v) is 6.34. The van der Waals surface area contributed by atoms with Crippen molar-refractivity contribution in [2.24, 2.45) is 5.73 Å². The number of rotatable bonds is 4. The number of carbonyl (C=O) groups excluding carboxylic acids is 2. The summed E-state index contributed by atoms with van der Waals surface area (Å²) in [7, 11) is 1.74. The number of carbonyl (C=O) groups is 2. The van der Waals surface area contributed by atoms with Crippen LogP contribution in [0.3, 0.4) is 0 Å². The van der Waals surface area contributed by atoms with Gasteiger partial charge in [0.15, 0.2) is 0 Å². The summed E-state index contributed by atoms with van der Waals surface area (Å²) in [5.41, 5.74) is 6.58. The molecule has 4 nitrogen and oxygen atoms in total. The number of primary amides is 1. The highest BCUT2D eigenvalue weighted by molar-refractivity contribution is 9.10. The Bertz CT molecular complexity index is 449. The van der Waals surface area contributed by atoms with Crippen molar-refractivity contribution in [1.29, 1.82) is 0 Å². The summed E-state index contributed by atoms with van der Waals surface area (Å²) >= 11 is 3.34. The fourth-order valence-electron chi connectivity index (χ4n) is 1.57. The summed E-state index contributed by atoms with van der Waals surface area (Å²) in [6.07, 6.45) is 0. The third kappa shape index (κ3) is 3.84. The number of hydrogen-bond donors (Lipinski definition) is 1. The number of amides is 2. The van der Waals surface area contributed by atoms with Gasteiger partial charge in [0.25, 0.3) is 0 Å². The van der Waals surface area contributed by atoms with Crippen molar-refractivity contribution in [3.8, 4) is 0 Å². The molecule has 0 fully saturated rings. The van der Waals surface area contributed by atoms with Crippen LogP contribution in [0.5, 0.6) is 0 Å². The number of nitrogens with two attached hydrogens (primary N) is 1. The summed E-state index contributed by atoms with van der Waals surface area (Å²) in [4.78, 5) is 24.5. The minimum Gasteiger partial charge on any atom is -0.366 e. The van der Waals surface area contributed by atoms with Gasteiger partial charge >= 0.3 is 0 Å². The van der Waals surface area contributed by atoms with Gasteiger partial charge in [0.05, 0.1) is 4.32 Å². The summed E-state index contributed by atoms with van der Waals surface area (Å²) in [6.45, 7) is 4.11. The average Bonchev–Trinajstić information content (AvgIpc) is 2.27. The second kappa shape index (κ2) is 5.52. The fourth-order valence-corrected chi connectivity index (χ4v) is 1.88. The average molecular weight is 313 g/mol. The van der Waals surface area contributed by atoms with E-state index in [1.165, 1.54) is 0 Å². The molecule has 0 unspecified atom stereocenters. The molecule has 1 aromatic carbocycles. The summed E-state index contributed by atoms with van der Waals surface area (Å²) in [6, 6.07) is 6.92. The van der Waals surface area contributed by atoms with Gasteiger partial charge in [-0.1, -0.05) is 28.1 Å². The lowest BCUT2D eigenvalue weighted by Gasteiger charge is -2.24. The molecule has 0 aliphatic rings. The molecule has 0 heterocycles. The number of benzene rings is 1. The van der Waals surface area contributed by atoms with Gasteiger partial charge in [-0.05, 0) is 31.5 Å². The third-order valence-corrected chi connectivity index (χ3v) is 2.85. The van der Waals surface area contributed by atoms with Crippen molar-refractivity contribution in [3.05, 3.63) is 35.4 Å². The van der Waals surface area contributed by atoms with Crippen molar-refractivity contribution in [2.45, 2.75) is 24.7 Å². The molecule has 0 saturated carbocycles. The molecule has 1 aromatic rings. The predicted molar refractivity (Wildman–Crippen MR) is 74.4 cm³/mol. The van der Waals surface area contributed by atoms with Crippen LogP contribution in [0.15, 0.2) is 24.3 Å². The maximum atomic E-state index is 11.9. The van der Waals surface area contributed by atoms with Crippen LogP contribution < -0.4 is 5.73 Å². The molecular weight excluding hydrogens is 296 g/mol. The van der Waals surface area contributed by atoms with E-state index in [2.05, 4.69) is 15.9 Å². The van der Waals surface area contributed by atoms with E-state index >= 15 is 0 Å². The number of alkyl halides is 1. The van der Waals surface area contributed by atoms with Crippen molar-refractivity contribution >= 4 is 27.7 Å². The Hall–Kier alpha value is -1.36. The Balaban J connectivity index is 2.74. The van der Waals surface area contributed by atoms with Gasteiger partial charge < -0.3 is 10.6 Å². The molecule has 2 amide bonds. The van der Waals surface area contributed by atoms with E-state index in [9.17, 15) is 9.59 Å². The highest BCUT2D eigenvalue weighted by Gasteiger charge is 2.26. The van der Waals surface area contributed by atoms with E-state index in [0.29, 0.717) is 12.1 Å². The maximum Gasteiger partial charge on any atom is 0.248 e. The molecule has 18 heavy (non-hydrogen) atoms. The molecule has 0 spiro atoms. The van der Waals surface area contributed by atoms with Crippen LogP contribution in [-0.2, 0) is 11.3 Å². The minimum atomic E-state index is -0.574. The van der Waals surface area contributed by atoms with Gasteiger partial charge in [-0.3, -0.25) is 9.59 Å². The SMILES string of the molecule is CN(Cc1ccc(C(N)=O)cc1)C(=O)C(C)(C)Br. The number of nitrogens with zero attached hydrogens (tertiary/aromatic N) is 1. The molecule has 1 rings (SSSR count). The minimum absolute atomic E-state index is 0.00137. The second-order valence-corrected chi connectivity index (χ2v) is 6.68. The third-order valence-electron chi connectivity index (χ3n) is 2.51. The lowest BCUT2D eigenvalue weighted by molar-refractivity contribution is -0.131. The van der Waals surface area contributed by atoms with Crippen molar-refractivity contribution < 1.29 is 9.59 Å². The highest BCUT2D eigenvalue weighted by atomic mass is 79.9. The summed E-state index contributed by atoms with van der Waals surface area (Å²) in [5, 5.41) is 0. The zero-order chi connectivity index (χ0) is 13.9. The molecule has 0 atom stereocenters. The predicted octanol–water partition coefficient (Wildman–Crippen LogP) is 1.92. The van der Waals surface area contributed by atoms with E-state index in [-0.39, 0.29) is 5.91 Å². The number of halogens is 1. The standard InChI is InChI=1S/C13H17BrN2O2/c1-13(2,14)12(18)16(3)8-9-4-6-10(7-5-9)11(15)17/h4-7H,8H2,1-3H3,(H2,15,17). The normalized spacial score (nSPS) is 11.1. The zero-order valence-electron chi connectivity index (χ0n) is 10.7. The van der Waals surface area contributed by atoms with E-state index in [1.807, 2.05) is 13.8 Å². The Morgan fingerprint density at radius 3 is 2.17 bits per heavy atom. The second-order valence-electron chi connectivity index (χ2n) is 4.69. The Morgan fingerprint density at radius 2 is 1.78 bits per heavy atom. The molecule has 0 bridgehead atoms. The van der Waals surface area contributed by atoms with Crippen LogP contribution in [0.25, 0.3) is 0 Å². The Kier molecular flexibility index (Phi) is 4.51.